The lowest BCUT2D eigenvalue weighted by molar-refractivity contribution is -0.129. The van der Waals surface area contributed by atoms with Gasteiger partial charge in [0.1, 0.15) is 17.5 Å². The van der Waals surface area contributed by atoms with Gasteiger partial charge < -0.3 is 14.4 Å². The summed E-state index contributed by atoms with van der Waals surface area (Å²) >= 11 is 0. The third kappa shape index (κ3) is 6.21. The topological polar surface area (TPSA) is 79.4 Å². The monoisotopic (exact) mass is 511 g/mol. The summed E-state index contributed by atoms with van der Waals surface area (Å²) in [6.07, 6.45) is -1.02. The molecule has 0 spiro atoms. The van der Waals surface area contributed by atoms with E-state index in [1.54, 1.807) is 57.0 Å². The van der Waals surface area contributed by atoms with Gasteiger partial charge in [-0.1, -0.05) is 24.3 Å². The lowest BCUT2D eigenvalue weighted by Gasteiger charge is -2.36. The molecule has 0 bridgehead atoms. The first-order valence-corrected chi connectivity index (χ1v) is 12.5. The zero-order valence-corrected chi connectivity index (χ0v) is 21.8. The second-order valence-corrected chi connectivity index (χ2v) is 10.4. The quantitative estimate of drug-likeness (QED) is 0.557. The van der Waals surface area contributed by atoms with Gasteiger partial charge in [0.2, 0.25) is 5.91 Å². The van der Waals surface area contributed by atoms with Crippen molar-refractivity contribution in [2.75, 3.05) is 31.6 Å². The van der Waals surface area contributed by atoms with Crippen molar-refractivity contribution in [1.29, 1.82) is 0 Å². The van der Waals surface area contributed by atoms with Crippen molar-refractivity contribution in [3.8, 4) is 5.75 Å². The molecular formula is C28H34FN3O5. The maximum atomic E-state index is 15.1. The van der Waals surface area contributed by atoms with E-state index in [0.29, 0.717) is 24.4 Å². The molecule has 2 saturated heterocycles. The van der Waals surface area contributed by atoms with Crippen LogP contribution < -0.4 is 9.64 Å². The number of methoxy groups -OCH3 is 1. The summed E-state index contributed by atoms with van der Waals surface area (Å²) < 4.78 is 25.6. The number of alkyl halides is 1. The number of carbonyl (C=O) groups is 3. The minimum Gasteiger partial charge on any atom is -0.497 e. The van der Waals surface area contributed by atoms with Crippen LogP contribution in [0.1, 0.15) is 50.7 Å². The van der Waals surface area contributed by atoms with Gasteiger partial charge >= 0.3 is 12.1 Å². The standard InChI is InChI=1S/C28H34FN3O5/c1-28(2,3)37-27(35)30-15-13-23(24(29)18-30)20-7-9-21(10-8-20)31-16-14-25(33)32(26(31)34)17-19-5-11-22(36-4)12-6-19/h5-12,23-24H,13-18H2,1-4H3. The predicted molar refractivity (Wildman–Crippen MR) is 137 cm³/mol. The molecule has 8 nitrogen and oxygen atoms in total. The summed E-state index contributed by atoms with van der Waals surface area (Å²) in [5, 5.41) is 0. The van der Waals surface area contributed by atoms with E-state index < -0.39 is 17.9 Å². The highest BCUT2D eigenvalue weighted by atomic mass is 19.1. The first-order valence-electron chi connectivity index (χ1n) is 12.5. The molecule has 2 unspecified atom stereocenters. The zero-order chi connectivity index (χ0) is 26.7. The Morgan fingerprint density at radius 2 is 1.70 bits per heavy atom. The van der Waals surface area contributed by atoms with E-state index in [1.807, 2.05) is 24.3 Å². The Hall–Kier alpha value is -3.62. The van der Waals surface area contributed by atoms with Gasteiger partial charge in [-0.05, 0) is 62.6 Å². The van der Waals surface area contributed by atoms with Gasteiger partial charge in [0.25, 0.3) is 0 Å². The van der Waals surface area contributed by atoms with Crippen LogP contribution in [0.3, 0.4) is 0 Å². The summed E-state index contributed by atoms with van der Waals surface area (Å²) in [5.74, 6) is 0.136. The number of anilines is 1. The van der Waals surface area contributed by atoms with E-state index >= 15 is 4.39 Å². The molecular weight excluding hydrogens is 477 g/mol. The molecule has 2 atom stereocenters. The van der Waals surface area contributed by atoms with Gasteiger partial charge in [-0.25, -0.2) is 14.0 Å². The van der Waals surface area contributed by atoms with E-state index in [-0.39, 0.29) is 43.9 Å². The van der Waals surface area contributed by atoms with Gasteiger partial charge in [0.05, 0.1) is 20.2 Å². The molecule has 4 amide bonds. The summed E-state index contributed by atoms with van der Waals surface area (Å²) in [5.41, 5.74) is 1.67. The fourth-order valence-electron chi connectivity index (χ4n) is 4.67. The first kappa shape index (κ1) is 26.4. The van der Waals surface area contributed by atoms with Crippen LogP contribution in [-0.4, -0.2) is 66.3 Å². The number of nitrogens with zero attached hydrogens (tertiary/aromatic N) is 3. The van der Waals surface area contributed by atoms with Gasteiger partial charge in [-0.2, -0.15) is 0 Å². The Morgan fingerprint density at radius 1 is 1.03 bits per heavy atom. The van der Waals surface area contributed by atoms with Gasteiger partial charge in [0, 0.05) is 31.1 Å². The van der Waals surface area contributed by atoms with Crippen LogP contribution in [0, 0.1) is 0 Å². The minimum atomic E-state index is -1.22. The molecule has 2 fully saturated rings. The molecule has 4 rings (SSSR count). The largest absolute Gasteiger partial charge is 0.497 e. The average molecular weight is 512 g/mol. The first-order chi connectivity index (χ1) is 17.6. The van der Waals surface area contributed by atoms with Crippen molar-refractivity contribution in [2.45, 2.75) is 57.8 Å². The van der Waals surface area contributed by atoms with Crippen LogP contribution in [0.5, 0.6) is 5.75 Å². The molecule has 198 valence electrons. The maximum Gasteiger partial charge on any atom is 0.410 e. The number of hydrogen-bond donors (Lipinski definition) is 0. The van der Waals surface area contributed by atoms with Gasteiger partial charge in [-0.3, -0.25) is 14.6 Å². The Kier molecular flexibility index (Phi) is 7.71. The van der Waals surface area contributed by atoms with Crippen LogP contribution in [0.2, 0.25) is 0 Å². The molecule has 2 aliphatic heterocycles. The summed E-state index contributed by atoms with van der Waals surface area (Å²) in [6, 6.07) is 14.1. The minimum absolute atomic E-state index is 0.0195. The zero-order valence-electron chi connectivity index (χ0n) is 21.8. The van der Waals surface area contributed by atoms with Crippen molar-refractivity contribution in [3.05, 3.63) is 59.7 Å². The van der Waals surface area contributed by atoms with Crippen LogP contribution in [0.4, 0.5) is 19.7 Å². The molecule has 2 aliphatic rings. The summed E-state index contributed by atoms with van der Waals surface area (Å²) in [6.45, 7) is 6.21. The Bertz CT molecular complexity index is 1130. The van der Waals surface area contributed by atoms with Crippen LogP contribution in [0.15, 0.2) is 48.5 Å². The van der Waals surface area contributed by atoms with E-state index in [2.05, 4.69) is 0 Å². The molecule has 2 aromatic carbocycles. The van der Waals surface area contributed by atoms with Crippen molar-refractivity contribution >= 4 is 23.7 Å². The number of urea groups is 1. The van der Waals surface area contributed by atoms with Crippen molar-refractivity contribution in [1.82, 2.24) is 9.80 Å². The lowest BCUT2D eigenvalue weighted by atomic mass is 9.88. The smallest absolute Gasteiger partial charge is 0.410 e. The molecule has 0 radical (unpaired) electrons. The fourth-order valence-corrected chi connectivity index (χ4v) is 4.67. The van der Waals surface area contributed by atoms with Crippen molar-refractivity contribution in [3.63, 3.8) is 0 Å². The number of imide groups is 1. The van der Waals surface area contributed by atoms with E-state index in [4.69, 9.17) is 9.47 Å². The number of carbonyl (C=O) groups excluding carboxylic acids is 3. The molecule has 37 heavy (non-hydrogen) atoms. The van der Waals surface area contributed by atoms with Gasteiger partial charge in [-0.15, -0.1) is 0 Å². The van der Waals surface area contributed by atoms with Crippen LogP contribution in [-0.2, 0) is 16.1 Å². The molecule has 0 aliphatic carbocycles. The number of ether oxygens (including phenoxy) is 2. The second kappa shape index (κ2) is 10.8. The molecule has 0 aromatic heterocycles. The molecule has 9 heteroatoms. The summed E-state index contributed by atoms with van der Waals surface area (Å²) in [7, 11) is 1.58. The Balaban J connectivity index is 1.40. The molecule has 2 heterocycles. The third-order valence-corrected chi connectivity index (χ3v) is 6.64. The number of amides is 4. The van der Waals surface area contributed by atoms with E-state index in [1.165, 1.54) is 9.80 Å². The number of likely N-dealkylation sites (tertiary alicyclic amines) is 1. The SMILES string of the molecule is COc1ccc(CN2C(=O)CCN(c3ccc(C4CCN(C(=O)OC(C)(C)C)CC4F)cc3)C2=O)cc1. The Labute approximate surface area is 216 Å². The van der Waals surface area contributed by atoms with Crippen molar-refractivity contribution < 1.29 is 28.2 Å². The third-order valence-electron chi connectivity index (χ3n) is 6.64. The number of halogens is 1. The molecule has 0 N–H and O–H groups in total. The highest BCUT2D eigenvalue weighted by Crippen LogP contribution is 2.33. The number of rotatable bonds is 5. The molecule has 0 saturated carbocycles. The second-order valence-electron chi connectivity index (χ2n) is 10.4. The maximum absolute atomic E-state index is 15.1. The summed E-state index contributed by atoms with van der Waals surface area (Å²) in [4.78, 5) is 42.3. The number of benzene rings is 2. The molecule has 2 aromatic rings. The Morgan fingerprint density at radius 3 is 2.30 bits per heavy atom. The number of hydrogen-bond acceptors (Lipinski definition) is 5. The normalized spacial score (nSPS) is 20.7. The van der Waals surface area contributed by atoms with E-state index in [9.17, 15) is 14.4 Å². The van der Waals surface area contributed by atoms with Crippen LogP contribution in [0.25, 0.3) is 0 Å². The van der Waals surface area contributed by atoms with E-state index in [0.717, 1.165) is 11.1 Å². The lowest BCUT2D eigenvalue weighted by Crippen LogP contribution is -2.52. The fraction of sp³-hybridized carbons (Fsp3) is 0.464. The highest BCUT2D eigenvalue weighted by molar-refractivity contribution is 6.05. The average Bonchev–Trinajstić information content (AvgIpc) is 2.86. The number of piperidine rings is 1. The predicted octanol–water partition coefficient (Wildman–Crippen LogP) is 5.12. The van der Waals surface area contributed by atoms with Gasteiger partial charge in [0.15, 0.2) is 0 Å². The van der Waals surface area contributed by atoms with Crippen molar-refractivity contribution in [2.24, 2.45) is 0 Å². The van der Waals surface area contributed by atoms with Crippen LogP contribution >= 0.6 is 0 Å². The highest BCUT2D eigenvalue weighted by Gasteiger charge is 2.36.